The van der Waals surface area contributed by atoms with Gasteiger partial charge in [-0.3, -0.25) is 0 Å². The van der Waals surface area contributed by atoms with Gasteiger partial charge in [0.05, 0.1) is 0 Å². The van der Waals surface area contributed by atoms with E-state index in [9.17, 15) is 4.39 Å². The van der Waals surface area contributed by atoms with E-state index in [0.29, 0.717) is 5.52 Å². The zero-order chi connectivity index (χ0) is 8.72. The van der Waals surface area contributed by atoms with Crippen LogP contribution >= 0.6 is 11.6 Å². The first-order valence-electron chi connectivity index (χ1n) is 3.18. The standard InChI is InChI=1S/C7H4ClFN2O/c8-5-3(9)1-2-4-6(5)12-7(10)11-4/h1-2H,(H2,10,11). The van der Waals surface area contributed by atoms with Crippen LogP contribution in [-0.4, -0.2) is 4.98 Å². The number of hydrogen-bond donors (Lipinski definition) is 1. The van der Waals surface area contributed by atoms with E-state index in [1.807, 2.05) is 0 Å². The summed E-state index contributed by atoms with van der Waals surface area (Å²) in [5.74, 6) is -0.541. The first kappa shape index (κ1) is 7.36. The van der Waals surface area contributed by atoms with Gasteiger partial charge in [-0.2, -0.15) is 4.98 Å². The van der Waals surface area contributed by atoms with Crippen LogP contribution in [0, 0.1) is 5.82 Å². The zero-order valence-electron chi connectivity index (χ0n) is 5.84. The van der Waals surface area contributed by atoms with Crippen LogP contribution in [0.15, 0.2) is 16.5 Å². The van der Waals surface area contributed by atoms with E-state index in [2.05, 4.69) is 4.98 Å². The Morgan fingerprint density at radius 2 is 2.25 bits per heavy atom. The largest absolute Gasteiger partial charge is 0.422 e. The molecule has 0 atom stereocenters. The molecule has 0 saturated carbocycles. The second-order valence-corrected chi connectivity index (χ2v) is 2.64. The molecule has 1 aromatic heterocycles. The van der Waals surface area contributed by atoms with Crippen molar-refractivity contribution in [2.24, 2.45) is 0 Å². The van der Waals surface area contributed by atoms with Crippen molar-refractivity contribution < 1.29 is 8.81 Å². The molecular weight excluding hydrogens is 183 g/mol. The topological polar surface area (TPSA) is 52.0 Å². The Morgan fingerprint density at radius 1 is 1.50 bits per heavy atom. The summed E-state index contributed by atoms with van der Waals surface area (Å²) >= 11 is 5.58. The Labute approximate surface area is 71.9 Å². The molecule has 0 aliphatic rings. The molecule has 0 aliphatic carbocycles. The van der Waals surface area contributed by atoms with Gasteiger partial charge < -0.3 is 10.2 Å². The molecule has 1 heterocycles. The highest BCUT2D eigenvalue weighted by Crippen LogP contribution is 2.27. The summed E-state index contributed by atoms with van der Waals surface area (Å²) in [6.45, 7) is 0. The van der Waals surface area contributed by atoms with Crippen molar-refractivity contribution in [2.75, 3.05) is 5.73 Å². The Balaban J connectivity index is 2.89. The van der Waals surface area contributed by atoms with Crippen LogP contribution in [0.2, 0.25) is 5.02 Å². The number of rotatable bonds is 0. The second-order valence-electron chi connectivity index (χ2n) is 2.26. The molecule has 0 aliphatic heterocycles. The number of halogens is 2. The molecule has 0 radical (unpaired) electrons. The van der Waals surface area contributed by atoms with Crippen molar-refractivity contribution in [3.8, 4) is 0 Å². The average molecular weight is 187 g/mol. The molecule has 2 rings (SSSR count). The normalized spacial score (nSPS) is 10.8. The van der Waals surface area contributed by atoms with Crippen LogP contribution < -0.4 is 5.73 Å². The number of anilines is 1. The van der Waals surface area contributed by atoms with Crippen LogP contribution in [0.5, 0.6) is 0 Å². The lowest BCUT2D eigenvalue weighted by Crippen LogP contribution is -1.80. The van der Waals surface area contributed by atoms with Crippen molar-refractivity contribution in [2.45, 2.75) is 0 Å². The predicted octanol–water partition coefficient (Wildman–Crippen LogP) is 2.20. The van der Waals surface area contributed by atoms with E-state index in [4.69, 9.17) is 21.8 Å². The Hall–Kier alpha value is -1.29. The van der Waals surface area contributed by atoms with Crippen LogP contribution in [-0.2, 0) is 0 Å². The lowest BCUT2D eigenvalue weighted by molar-refractivity contribution is 0.606. The van der Waals surface area contributed by atoms with Crippen LogP contribution in [0.3, 0.4) is 0 Å². The van der Waals surface area contributed by atoms with E-state index in [1.54, 1.807) is 0 Å². The van der Waals surface area contributed by atoms with E-state index in [-0.39, 0.29) is 16.6 Å². The van der Waals surface area contributed by atoms with Gasteiger partial charge in [0.25, 0.3) is 6.01 Å². The monoisotopic (exact) mass is 186 g/mol. The SMILES string of the molecule is Nc1nc2ccc(F)c(Cl)c2o1. The van der Waals surface area contributed by atoms with Crippen molar-refractivity contribution in [1.29, 1.82) is 0 Å². The molecule has 5 heteroatoms. The predicted molar refractivity (Wildman–Crippen MR) is 43.4 cm³/mol. The van der Waals surface area contributed by atoms with Gasteiger partial charge in [-0.05, 0) is 12.1 Å². The lowest BCUT2D eigenvalue weighted by atomic mass is 10.3. The number of nitrogens with two attached hydrogens (primary N) is 1. The fourth-order valence-electron chi connectivity index (χ4n) is 0.953. The van der Waals surface area contributed by atoms with Gasteiger partial charge in [-0.25, -0.2) is 4.39 Å². The van der Waals surface area contributed by atoms with Crippen molar-refractivity contribution in [3.05, 3.63) is 23.0 Å². The average Bonchev–Trinajstić information content (AvgIpc) is 2.39. The number of nitrogen functional groups attached to an aromatic ring is 1. The van der Waals surface area contributed by atoms with E-state index < -0.39 is 5.82 Å². The quantitative estimate of drug-likeness (QED) is 0.686. The first-order chi connectivity index (χ1) is 5.68. The molecule has 62 valence electrons. The van der Waals surface area contributed by atoms with Gasteiger partial charge in [-0.1, -0.05) is 11.6 Å². The van der Waals surface area contributed by atoms with Gasteiger partial charge in [0.15, 0.2) is 5.58 Å². The number of hydrogen-bond acceptors (Lipinski definition) is 3. The third kappa shape index (κ3) is 0.921. The minimum atomic E-state index is -0.541. The van der Waals surface area contributed by atoms with Crippen molar-refractivity contribution in [1.82, 2.24) is 4.98 Å². The Bertz CT molecular complexity index is 440. The Morgan fingerprint density at radius 3 is 3.00 bits per heavy atom. The summed E-state index contributed by atoms with van der Waals surface area (Å²) in [5, 5.41) is -0.0864. The number of aromatic nitrogens is 1. The van der Waals surface area contributed by atoms with Crippen molar-refractivity contribution in [3.63, 3.8) is 0 Å². The zero-order valence-corrected chi connectivity index (χ0v) is 6.60. The minimum Gasteiger partial charge on any atom is -0.422 e. The molecule has 0 saturated heterocycles. The summed E-state index contributed by atoms with van der Waals surface area (Å²) in [4.78, 5) is 3.78. The summed E-state index contributed by atoms with van der Waals surface area (Å²) in [6.07, 6.45) is 0. The minimum absolute atomic E-state index is 0.0162. The molecule has 0 fully saturated rings. The molecule has 1 aromatic carbocycles. The van der Waals surface area contributed by atoms with Gasteiger partial charge >= 0.3 is 0 Å². The maximum atomic E-state index is 12.8. The highest BCUT2D eigenvalue weighted by molar-refractivity contribution is 6.34. The Kier molecular flexibility index (Phi) is 1.44. The maximum Gasteiger partial charge on any atom is 0.293 e. The third-order valence-corrected chi connectivity index (χ3v) is 1.82. The van der Waals surface area contributed by atoms with E-state index in [1.165, 1.54) is 12.1 Å². The number of oxazole rings is 1. The van der Waals surface area contributed by atoms with Crippen LogP contribution in [0.1, 0.15) is 0 Å². The van der Waals surface area contributed by atoms with E-state index in [0.717, 1.165) is 0 Å². The second kappa shape index (κ2) is 2.35. The summed E-state index contributed by atoms with van der Waals surface area (Å²) in [5.41, 5.74) is 5.90. The molecule has 2 aromatic rings. The fourth-order valence-corrected chi connectivity index (χ4v) is 1.15. The lowest BCUT2D eigenvalue weighted by Gasteiger charge is -1.91. The van der Waals surface area contributed by atoms with Gasteiger partial charge in [0, 0.05) is 0 Å². The molecular formula is C7H4ClFN2O. The summed E-state index contributed by atoms with van der Waals surface area (Å²) in [6, 6.07) is 2.65. The summed E-state index contributed by atoms with van der Waals surface area (Å²) in [7, 11) is 0. The number of nitrogens with zero attached hydrogens (tertiary/aromatic N) is 1. The van der Waals surface area contributed by atoms with Crippen LogP contribution in [0.4, 0.5) is 10.4 Å². The molecule has 12 heavy (non-hydrogen) atoms. The molecule has 2 N–H and O–H groups in total. The molecule has 0 spiro atoms. The number of benzene rings is 1. The highest BCUT2D eigenvalue weighted by Gasteiger charge is 2.10. The first-order valence-corrected chi connectivity index (χ1v) is 3.56. The molecule has 0 bridgehead atoms. The third-order valence-electron chi connectivity index (χ3n) is 1.47. The smallest absolute Gasteiger partial charge is 0.293 e. The maximum absolute atomic E-state index is 12.8. The molecule has 3 nitrogen and oxygen atoms in total. The van der Waals surface area contributed by atoms with Gasteiger partial charge in [-0.15, -0.1) is 0 Å². The fraction of sp³-hybridized carbons (Fsp3) is 0. The molecule has 0 amide bonds. The van der Waals surface area contributed by atoms with Gasteiger partial charge in [0.2, 0.25) is 0 Å². The van der Waals surface area contributed by atoms with E-state index >= 15 is 0 Å². The highest BCUT2D eigenvalue weighted by atomic mass is 35.5. The molecule has 0 unspecified atom stereocenters. The summed E-state index contributed by atoms with van der Waals surface area (Å²) < 4.78 is 17.7. The van der Waals surface area contributed by atoms with Gasteiger partial charge in [0.1, 0.15) is 16.4 Å². The number of fused-ring (bicyclic) bond motifs is 1. The van der Waals surface area contributed by atoms with Crippen molar-refractivity contribution >= 4 is 28.7 Å². The van der Waals surface area contributed by atoms with Crippen LogP contribution in [0.25, 0.3) is 11.1 Å².